The maximum absolute atomic E-state index is 13.3. The maximum atomic E-state index is 13.3. The first-order chi connectivity index (χ1) is 9.60. The smallest absolute Gasteiger partial charge is 0.182 e. The van der Waals surface area contributed by atoms with Gasteiger partial charge in [-0.1, -0.05) is 15.9 Å². The second kappa shape index (κ2) is 4.85. The molecule has 98 valence electrons. The second-order valence-corrected chi connectivity index (χ2v) is 5.50. The third-order valence-electron chi connectivity index (χ3n) is 2.96. The average molecular weight is 348 g/mol. The van der Waals surface area contributed by atoms with Crippen molar-refractivity contribution in [1.29, 1.82) is 5.26 Å². The van der Waals surface area contributed by atoms with Gasteiger partial charge in [0.2, 0.25) is 0 Å². The SMILES string of the molecule is N#Cc1cc(Br)ccc1-n1c(=S)[nH]c2cc(F)ccc21. The first kappa shape index (κ1) is 13.0. The van der Waals surface area contributed by atoms with Crippen molar-refractivity contribution in [3.05, 3.63) is 57.0 Å². The molecule has 6 heteroatoms. The second-order valence-electron chi connectivity index (χ2n) is 4.20. The summed E-state index contributed by atoms with van der Waals surface area (Å²) < 4.78 is 16.2. The van der Waals surface area contributed by atoms with Gasteiger partial charge in [0.1, 0.15) is 11.9 Å². The van der Waals surface area contributed by atoms with Gasteiger partial charge in [-0.3, -0.25) is 4.57 Å². The molecule has 0 fully saturated rings. The van der Waals surface area contributed by atoms with Crippen LogP contribution in [0, 0.1) is 21.9 Å². The summed E-state index contributed by atoms with van der Waals surface area (Å²) in [5.41, 5.74) is 2.48. The molecule has 0 radical (unpaired) electrons. The first-order valence-corrected chi connectivity index (χ1v) is 6.90. The molecular formula is C14H7BrFN3S. The van der Waals surface area contributed by atoms with Gasteiger partial charge in [-0.05, 0) is 48.6 Å². The summed E-state index contributed by atoms with van der Waals surface area (Å²) in [4.78, 5) is 2.95. The predicted molar refractivity (Wildman–Crippen MR) is 80.8 cm³/mol. The molecule has 2 aromatic carbocycles. The van der Waals surface area contributed by atoms with E-state index in [2.05, 4.69) is 27.0 Å². The fourth-order valence-electron chi connectivity index (χ4n) is 2.12. The summed E-state index contributed by atoms with van der Waals surface area (Å²) in [5.74, 6) is -0.336. The van der Waals surface area contributed by atoms with Crippen LogP contribution in [0.25, 0.3) is 16.7 Å². The lowest BCUT2D eigenvalue weighted by molar-refractivity contribution is 0.629. The monoisotopic (exact) mass is 347 g/mol. The number of nitriles is 1. The number of fused-ring (bicyclic) bond motifs is 1. The Bertz CT molecular complexity index is 920. The van der Waals surface area contributed by atoms with Crippen LogP contribution in [0.15, 0.2) is 40.9 Å². The molecule has 0 aliphatic carbocycles. The fourth-order valence-corrected chi connectivity index (χ4v) is 2.78. The molecule has 3 aromatic rings. The number of aromatic amines is 1. The Morgan fingerprint density at radius 3 is 2.80 bits per heavy atom. The Morgan fingerprint density at radius 2 is 2.05 bits per heavy atom. The molecule has 0 aliphatic heterocycles. The minimum Gasteiger partial charge on any atom is -0.330 e. The van der Waals surface area contributed by atoms with E-state index in [9.17, 15) is 9.65 Å². The molecule has 0 atom stereocenters. The van der Waals surface area contributed by atoms with Crippen molar-refractivity contribution in [2.24, 2.45) is 0 Å². The molecule has 0 aliphatic rings. The average Bonchev–Trinajstić information content (AvgIpc) is 2.73. The topological polar surface area (TPSA) is 44.5 Å². The molecule has 0 saturated carbocycles. The van der Waals surface area contributed by atoms with Crippen LogP contribution in [0.3, 0.4) is 0 Å². The fraction of sp³-hybridized carbons (Fsp3) is 0. The Labute approximate surface area is 127 Å². The van der Waals surface area contributed by atoms with Crippen molar-refractivity contribution in [2.45, 2.75) is 0 Å². The highest BCUT2D eigenvalue weighted by molar-refractivity contribution is 9.10. The van der Waals surface area contributed by atoms with E-state index < -0.39 is 0 Å². The number of hydrogen-bond donors (Lipinski definition) is 1. The van der Waals surface area contributed by atoms with Crippen LogP contribution in [-0.4, -0.2) is 9.55 Å². The van der Waals surface area contributed by atoms with Crippen molar-refractivity contribution >= 4 is 39.2 Å². The normalized spacial score (nSPS) is 10.7. The molecule has 1 aromatic heterocycles. The lowest BCUT2D eigenvalue weighted by atomic mass is 10.2. The van der Waals surface area contributed by atoms with E-state index in [-0.39, 0.29) is 5.82 Å². The minimum absolute atomic E-state index is 0.336. The summed E-state index contributed by atoms with van der Waals surface area (Å²) in [7, 11) is 0. The zero-order valence-corrected chi connectivity index (χ0v) is 12.4. The van der Waals surface area contributed by atoms with Crippen molar-refractivity contribution < 1.29 is 4.39 Å². The lowest BCUT2D eigenvalue weighted by Gasteiger charge is -2.07. The van der Waals surface area contributed by atoms with E-state index in [4.69, 9.17) is 12.2 Å². The summed E-state index contributed by atoms with van der Waals surface area (Å²) in [6.45, 7) is 0. The van der Waals surface area contributed by atoms with Crippen molar-refractivity contribution in [3.8, 4) is 11.8 Å². The Hall–Kier alpha value is -1.97. The van der Waals surface area contributed by atoms with Gasteiger partial charge in [-0.15, -0.1) is 0 Å². The number of nitrogens with one attached hydrogen (secondary N) is 1. The largest absolute Gasteiger partial charge is 0.330 e. The highest BCUT2D eigenvalue weighted by Crippen LogP contribution is 2.25. The van der Waals surface area contributed by atoms with Crippen LogP contribution < -0.4 is 0 Å². The summed E-state index contributed by atoms with van der Waals surface area (Å²) >= 11 is 8.62. The summed E-state index contributed by atoms with van der Waals surface area (Å²) in [6, 6.07) is 11.9. The molecule has 1 N–H and O–H groups in total. The van der Waals surface area contributed by atoms with Crippen LogP contribution in [0.4, 0.5) is 4.39 Å². The number of aromatic nitrogens is 2. The van der Waals surface area contributed by atoms with E-state index in [0.29, 0.717) is 21.5 Å². The van der Waals surface area contributed by atoms with Gasteiger partial charge in [-0.2, -0.15) is 5.26 Å². The van der Waals surface area contributed by atoms with Crippen LogP contribution in [0.2, 0.25) is 0 Å². The zero-order valence-electron chi connectivity index (χ0n) is 10.0. The maximum Gasteiger partial charge on any atom is 0.182 e. The van der Waals surface area contributed by atoms with Gasteiger partial charge in [0, 0.05) is 4.47 Å². The van der Waals surface area contributed by atoms with Gasteiger partial charge in [0.15, 0.2) is 4.77 Å². The van der Waals surface area contributed by atoms with Crippen molar-refractivity contribution in [1.82, 2.24) is 9.55 Å². The number of nitrogens with zero attached hydrogens (tertiary/aromatic N) is 2. The molecule has 20 heavy (non-hydrogen) atoms. The van der Waals surface area contributed by atoms with Gasteiger partial charge >= 0.3 is 0 Å². The van der Waals surface area contributed by atoms with Crippen molar-refractivity contribution in [2.75, 3.05) is 0 Å². The summed E-state index contributed by atoms with van der Waals surface area (Å²) in [6.07, 6.45) is 0. The lowest BCUT2D eigenvalue weighted by Crippen LogP contribution is -1.97. The molecule has 3 nitrogen and oxygen atoms in total. The van der Waals surface area contributed by atoms with Crippen LogP contribution >= 0.6 is 28.1 Å². The van der Waals surface area contributed by atoms with Crippen LogP contribution in [-0.2, 0) is 0 Å². The third kappa shape index (κ3) is 2.05. The van der Waals surface area contributed by atoms with Crippen LogP contribution in [0.5, 0.6) is 0 Å². The number of imidazole rings is 1. The highest BCUT2D eigenvalue weighted by atomic mass is 79.9. The van der Waals surface area contributed by atoms with Crippen molar-refractivity contribution in [3.63, 3.8) is 0 Å². The Kier molecular flexibility index (Phi) is 3.16. The Morgan fingerprint density at radius 1 is 1.25 bits per heavy atom. The van der Waals surface area contributed by atoms with E-state index >= 15 is 0 Å². The molecule has 0 unspecified atom stereocenters. The quantitative estimate of drug-likeness (QED) is 0.660. The van der Waals surface area contributed by atoms with Gasteiger partial charge in [-0.25, -0.2) is 4.39 Å². The number of halogens is 2. The third-order valence-corrected chi connectivity index (χ3v) is 3.74. The molecular weight excluding hydrogens is 341 g/mol. The molecule has 0 spiro atoms. The highest BCUT2D eigenvalue weighted by Gasteiger charge is 2.11. The molecule has 0 saturated heterocycles. The number of H-pyrrole nitrogens is 1. The van der Waals surface area contributed by atoms with E-state index in [1.165, 1.54) is 12.1 Å². The first-order valence-electron chi connectivity index (χ1n) is 5.70. The van der Waals surface area contributed by atoms with E-state index in [1.807, 2.05) is 6.07 Å². The number of benzene rings is 2. The molecule has 0 amide bonds. The van der Waals surface area contributed by atoms with Gasteiger partial charge in [0.05, 0.1) is 22.3 Å². The van der Waals surface area contributed by atoms with Crippen LogP contribution in [0.1, 0.15) is 5.56 Å². The van der Waals surface area contributed by atoms with Gasteiger partial charge < -0.3 is 4.98 Å². The van der Waals surface area contributed by atoms with E-state index in [0.717, 1.165) is 9.99 Å². The molecule has 0 bridgehead atoms. The Balaban J connectivity index is 2.39. The standard InChI is InChI=1S/C14H7BrFN3S/c15-9-1-3-12(8(5-9)7-17)19-13-4-2-10(16)6-11(13)18-14(19)20/h1-6H,(H,18,20). The molecule has 1 heterocycles. The number of hydrogen-bond acceptors (Lipinski definition) is 2. The zero-order chi connectivity index (χ0) is 14.3. The molecule has 3 rings (SSSR count). The summed E-state index contributed by atoms with van der Waals surface area (Å²) in [5, 5.41) is 9.26. The van der Waals surface area contributed by atoms with Gasteiger partial charge in [0.25, 0.3) is 0 Å². The minimum atomic E-state index is -0.336. The number of rotatable bonds is 1. The van der Waals surface area contributed by atoms with E-state index in [1.54, 1.807) is 22.8 Å². The predicted octanol–water partition coefficient (Wildman–Crippen LogP) is 4.46.